The highest BCUT2D eigenvalue weighted by molar-refractivity contribution is 5.69. The topological polar surface area (TPSA) is 112 Å². The lowest BCUT2D eigenvalue weighted by atomic mass is 10.1. The first-order chi connectivity index (χ1) is 13.3. The quantitative estimate of drug-likeness (QED) is 0.328. The summed E-state index contributed by atoms with van der Waals surface area (Å²) in [5, 5.41) is 36.0. The van der Waals surface area contributed by atoms with Gasteiger partial charge < -0.3 is 26.0 Å². The monoisotopic (exact) mass is 384 g/mol. The lowest BCUT2D eigenvalue weighted by molar-refractivity contribution is 0.178. The van der Waals surface area contributed by atoms with Crippen LogP contribution in [0.15, 0.2) is 47.3 Å². The maximum atomic E-state index is 13.1. The van der Waals surface area contributed by atoms with Gasteiger partial charge in [-0.05, 0) is 32.2 Å². The van der Waals surface area contributed by atoms with Gasteiger partial charge in [-0.2, -0.15) is 0 Å². The molecule has 1 heterocycles. The Hall–Kier alpha value is -3.23. The maximum Gasteiger partial charge on any atom is 0.295 e. The molecule has 8 heteroatoms. The Kier molecular flexibility index (Phi) is 5.43. The molecule has 3 aromatic rings. The molecule has 5 N–H and O–H groups in total. The summed E-state index contributed by atoms with van der Waals surface area (Å²) in [7, 11) is 3.47. The second-order valence-electron chi connectivity index (χ2n) is 6.56. The number of aliphatic hydroxyl groups excluding tert-OH is 1. The second-order valence-corrected chi connectivity index (χ2v) is 6.56. The highest BCUT2D eigenvalue weighted by Crippen LogP contribution is 2.36. The van der Waals surface area contributed by atoms with Crippen LogP contribution in [0.5, 0.6) is 11.5 Å². The molecule has 0 spiro atoms. The largest absolute Gasteiger partial charge is 0.504 e. The molecule has 0 radical (unpaired) electrons. The van der Waals surface area contributed by atoms with Gasteiger partial charge in [0.05, 0.1) is 17.5 Å². The zero-order valence-corrected chi connectivity index (χ0v) is 16.0. The SMILES string of the molecule is CNCC(O)c1cc(O)c(O)cc1Nc1c(C)n(C)n(-c2ccccc2)c1=O. The van der Waals surface area contributed by atoms with E-state index in [-0.39, 0.29) is 23.6 Å². The molecular formula is C20H24N4O4. The Morgan fingerprint density at radius 2 is 1.75 bits per heavy atom. The Balaban J connectivity index is 2.11. The Bertz CT molecular complexity index is 1040. The molecule has 0 bridgehead atoms. The minimum atomic E-state index is -0.945. The Labute approximate surface area is 162 Å². The number of hydrogen-bond donors (Lipinski definition) is 5. The van der Waals surface area contributed by atoms with Crippen molar-refractivity contribution in [2.45, 2.75) is 13.0 Å². The van der Waals surface area contributed by atoms with Crippen LogP contribution in [0.4, 0.5) is 11.4 Å². The zero-order valence-electron chi connectivity index (χ0n) is 16.0. The zero-order chi connectivity index (χ0) is 20.4. The van der Waals surface area contributed by atoms with E-state index in [4.69, 9.17) is 0 Å². The minimum Gasteiger partial charge on any atom is -0.504 e. The Morgan fingerprint density at radius 1 is 1.11 bits per heavy atom. The van der Waals surface area contributed by atoms with E-state index in [0.29, 0.717) is 22.6 Å². The molecule has 148 valence electrons. The van der Waals surface area contributed by atoms with E-state index >= 15 is 0 Å². The van der Waals surface area contributed by atoms with Crippen molar-refractivity contribution in [2.75, 3.05) is 18.9 Å². The van der Waals surface area contributed by atoms with Crippen LogP contribution in [0.1, 0.15) is 17.4 Å². The number of aliphatic hydroxyl groups is 1. The molecule has 0 aliphatic rings. The molecule has 8 nitrogen and oxygen atoms in total. The van der Waals surface area contributed by atoms with E-state index in [0.717, 1.165) is 5.69 Å². The first-order valence-corrected chi connectivity index (χ1v) is 8.84. The Morgan fingerprint density at radius 3 is 2.39 bits per heavy atom. The average Bonchev–Trinajstić information content (AvgIpc) is 2.88. The van der Waals surface area contributed by atoms with Crippen LogP contribution in [-0.4, -0.2) is 38.3 Å². The van der Waals surface area contributed by atoms with Crippen LogP contribution < -0.4 is 16.2 Å². The molecule has 1 aromatic heterocycles. The van der Waals surface area contributed by atoms with Crippen molar-refractivity contribution in [3.63, 3.8) is 0 Å². The maximum absolute atomic E-state index is 13.1. The number of benzene rings is 2. The summed E-state index contributed by atoms with van der Waals surface area (Å²) in [6, 6.07) is 11.8. The van der Waals surface area contributed by atoms with Crippen molar-refractivity contribution >= 4 is 11.4 Å². The van der Waals surface area contributed by atoms with Crippen molar-refractivity contribution in [1.82, 2.24) is 14.7 Å². The number of anilines is 2. The van der Waals surface area contributed by atoms with E-state index in [9.17, 15) is 20.1 Å². The molecule has 3 rings (SSSR count). The number of para-hydroxylation sites is 1. The normalized spacial score (nSPS) is 12.1. The number of hydrogen-bond acceptors (Lipinski definition) is 6. The molecule has 0 amide bonds. The van der Waals surface area contributed by atoms with Gasteiger partial charge in [0.15, 0.2) is 11.5 Å². The fourth-order valence-electron chi connectivity index (χ4n) is 3.13. The van der Waals surface area contributed by atoms with Gasteiger partial charge in [-0.1, -0.05) is 18.2 Å². The number of likely N-dealkylation sites (N-methyl/N-ethyl adjacent to an activating group) is 1. The highest BCUT2D eigenvalue weighted by Gasteiger charge is 2.20. The van der Waals surface area contributed by atoms with Gasteiger partial charge in [-0.15, -0.1) is 0 Å². The van der Waals surface area contributed by atoms with Crippen molar-refractivity contribution in [3.05, 3.63) is 64.1 Å². The van der Waals surface area contributed by atoms with E-state index in [1.165, 1.54) is 16.8 Å². The number of aromatic nitrogens is 2. The fraction of sp³-hybridized carbons (Fsp3) is 0.250. The van der Waals surface area contributed by atoms with Crippen LogP contribution in [-0.2, 0) is 7.05 Å². The molecule has 1 atom stereocenters. The molecule has 0 fully saturated rings. The van der Waals surface area contributed by atoms with E-state index < -0.39 is 6.10 Å². The summed E-state index contributed by atoms with van der Waals surface area (Å²) in [6.45, 7) is 2.04. The first-order valence-electron chi connectivity index (χ1n) is 8.84. The highest BCUT2D eigenvalue weighted by atomic mass is 16.3. The predicted octanol–water partition coefficient (Wildman–Crippen LogP) is 1.89. The third kappa shape index (κ3) is 3.47. The van der Waals surface area contributed by atoms with Crippen LogP contribution in [0.2, 0.25) is 0 Å². The van der Waals surface area contributed by atoms with Gasteiger partial charge in [0.2, 0.25) is 0 Å². The van der Waals surface area contributed by atoms with Crippen molar-refractivity contribution in [3.8, 4) is 17.2 Å². The number of aromatic hydroxyl groups is 2. The third-order valence-electron chi connectivity index (χ3n) is 4.72. The van der Waals surface area contributed by atoms with E-state index in [1.807, 2.05) is 30.3 Å². The summed E-state index contributed by atoms with van der Waals surface area (Å²) < 4.78 is 3.26. The van der Waals surface area contributed by atoms with Crippen LogP contribution in [0, 0.1) is 6.92 Å². The fourth-order valence-corrected chi connectivity index (χ4v) is 3.13. The number of phenolic OH excluding ortho intramolecular Hbond substituents is 2. The van der Waals surface area contributed by atoms with Gasteiger partial charge in [-0.25, -0.2) is 4.68 Å². The van der Waals surface area contributed by atoms with Gasteiger partial charge >= 0.3 is 0 Å². The van der Waals surface area contributed by atoms with Crippen molar-refractivity contribution in [1.29, 1.82) is 0 Å². The molecule has 28 heavy (non-hydrogen) atoms. The molecule has 0 saturated heterocycles. The smallest absolute Gasteiger partial charge is 0.295 e. The van der Waals surface area contributed by atoms with Gasteiger partial charge in [0.1, 0.15) is 5.69 Å². The van der Waals surface area contributed by atoms with Gasteiger partial charge in [0.25, 0.3) is 5.56 Å². The van der Waals surface area contributed by atoms with Crippen molar-refractivity contribution < 1.29 is 15.3 Å². The summed E-state index contributed by atoms with van der Waals surface area (Å²) in [5.41, 5.74) is 2.13. The van der Waals surface area contributed by atoms with Crippen LogP contribution >= 0.6 is 0 Å². The number of nitrogens with zero attached hydrogens (tertiary/aromatic N) is 2. The summed E-state index contributed by atoms with van der Waals surface area (Å²) in [6.07, 6.45) is -0.945. The molecule has 2 aromatic carbocycles. The van der Waals surface area contributed by atoms with Crippen LogP contribution in [0.25, 0.3) is 5.69 Å². The van der Waals surface area contributed by atoms with Gasteiger partial charge in [0, 0.05) is 30.9 Å². The lowest BCUT2D eigenvalue weighted by Crippen LogP contribution is -2.21. The van der Waals surface area contributed by atoms with Crippen molar-refractivity contribution in [2.24, 2.45) is 7.05 Å². The summed E-state index contributed by atoms with van der Waals surface area (Å²) >= 11 is 0. The van der Waals surface area contributed by atoms with Gasteiger partial charge in [-0.3, -0.25) is 9.48 Å². The molecule has 1 unspecified atom stereocenters. The molecule has 0 aliphatic heterocycles. The minimum absolute atomic E-state index is 0.237. The number of nitrogens with one attached hydrogen (secondary N) is 2. The predicted molar refractivity (Wildman–Crippen MR) is 108 cm³/mol. The van der Waals surface area contributed by atoms with E-state index in [2.05, 4.69) is 10.6 Å². The number of rotatable bonds is 6. The first kappa shape index (κ1) is 19.5. The van der Waals surface area contributed by atoms with E-state index in [1.54, 1.807) is 25.7 Å². The molecule has 0 saturated carbocycles. The molecule has 0 aliphatic carbocycles. The third-order valence-corrected chi connectivity index (χ3v) is 4.72. The summed E-state index contributed by atoms with van der Waals surface area (Å²) in [5.74, 6) is -0.693. The second kappa shape index (κ2) is 7.79. The standard InChI is InChI=1S/C20H24N4O4/c1-12-19(20(28)24(23(12)3)13-7-5-4-6-8-13)22-15-10-17(26)16(25)9-14(15)18(27)11-21-2/h4-10,18,21-22,25-27H,11H2,1-3H3. The lowest BCUT2D eigenvalue weighted by Gasteiger charge is -2.17. The average molecular weight is 384 g/mol. The summed E-state index contributed by atoms with van der Waals surface area (Å²) in [4.78, 5) is 13.1. The molecular weight excluding hydrogens is 360 g/mol. The number of phenols is 2. The van der Waals surface area contributed by atoms with Crippen LogP contribution in [0.3, 0.4) is 0 Å².